The van der Waals surface area contributed by atoms with Crippen LogP contribution in [-0.2, 0) is 6.42 Å². The fourth-order valence-corrected chi connectivity index (χ4v) is 1.84. The van der Waals surface area contributed by atoms with Gasteiger partial charge in [-0.1, -0.05) is 26.3 Å². The fourth-order valence-electron chi connectivity index (χ4n) is 1.48. The first-order valence-corrected chi connectivity index (χ1v) is 5.65. The zero-order chi connectivity index (χ0) is 11.4. The van der Waals surface area contributed by atoms with Gasteiger partial charge in [-0.05, 0) is 30.0 Å². The summed E-state index contributed by atoms with van der Waals surface area (Å²) in [5.74, 6) is 0.760. The van der Waals surface area contributed by atoms with Crippen molar-refractivity contribution in [3.63, 3.8) is 0 Å². The molecule has 0 spiro atoms. The maximum absolute atomic E-state index is 7.35. The molecule has 1 aromatic carbocycles. The van der Waals surface area contributed by atoms with Crippen molar-refractivity contribution in [2.75, 3.05) is 0 Å². The molecule has 82 valence electrons. The van der Waals surface area contributed by atoms with Gasteiger partial charge >= 0.3 is 0 Å². The SMILES string of the molecule is CCC(C)Cc1ccc(C(=N)N)c(S)c1. The van der Waals surface area contributed by atoms with E-state index < -0.39 is 0 Å². The summed E-state index contributed by atoms with van der Waals surface area (Å²) in [5.41, 5.74) is 7.40. The first-order valence-electron chi connectivity index (χ1n) is 5.20. The van der Waals surface area contributed by atoms with Gasteiger partial charge in [0.15, 0.2) is 0 Å². The Morgan fingerprint density at radius 3 is 2.67 bits per heavy atom. The molecule has 3 N–H and O–H groups in total. The van der Waals surface area contributed by atoms with Crippen molar-refractivity contribution in [3.8, 4) is 0 Å². The maximum Gasteiger partial charge on any atom is 0.123 e. The molecule has 0 radical (unpaired) electrons. The molecule has 1 rings (SSSR count). The molecule has 1 atom stereocenters. The lowest BCUT2D eigenvalue weighted by atomic mass is 9.98. The van der Waals surface area contributed by atoms with Gasteiger partial charge in [0.1, 0.15) is 5.84 Å². The van der Waals surface area contributed by atoms with Gasteiger partial charge in [0, 0.05) is 10.5 Å². The van der Waals surface area contributed by atoms with Gasteiger partial charge in [0.25, 0.3) is 0 Å². The number of thiol groups is 1. The van der Waals surface area contributed by atoms with Crippen LogP contribution in [0.5, 0.6) is 0 Å². The van der Waals surface area contributed by atoms with E-state index in [0.29, 0.717) is 11.5 Å². The summed E-state index contributed by atoms with van der Waals surface area (Å²) < 4.78 is 0. The maximum atomic E-state index is 7.35. The van der Waals surface area contributed by atoms with Gasteiger partial charge in [-0.2, -0.15) is 0 Å². The summed E-state index contributed by atoms with van der Waals surface area (Å²) in [6.45, 7) is 4.42. The molecule has 0 amide bonds. The van der Waals surface area contributed by atoms with E-state index in [-0.39, 0.29) is 5.84 Å². The van der Waals surface area contributed by atoms with E-state index in [1.165, 1.54) is 12.0 Å². The second kappa shape index (κ2) is 5.21. The minimum Gasteiger partial charge on any atom is -0.384 e. The third-order valence-corrected chi connectivity index (χ3v) is 3.00. The van der Waals surface area contributed by atoms with Gasteiger partial charge in [0.05, 0.1) is 0 Å². The summed E-state index contributed by atoms with van der Waals surface area (Å²) in [6.07, 6.45) is 2.23. The minimum absolute atomic E-state index is 0.0788. The second-order valence-corrected chi connectivity index (χ2v) is 4.46. The summed E-state index contributed by atoms with van der Waals surface area (Å²) in [6, 6.07) is 5.91. The summed E-state index contributed by atoms with van der Waals surface area (Å²) in [7, 11) is 0. The number of nitrogens with two attached hydrogens (primary N) is 1. The Morgan fingerprint density at radius 2 is 2.20 bits per heavy atom. The average molecular weight is 222 g/mol. The Balaban J connectivity index is 2.87. The van der Waals surface area contributed by atoms with Crippen LogP contribution in [0.25, 0.3) is 0 Å². The number of nitrogen functional groups attached to an aromatic ring is 1. The Bertz CT molecular complexity index is 361. The summed E-state index contributed by atoms with van der Waals surface area (Å²) in [5, 5.41) is 7.35. The minimum atomic E-state index is 0.0788. The molecular weight excluding hydrogens is 204 g/mol. The van der Waals surface area contributed by atoms with Crippen LogP contribution in [0.2, 0.25) is 0 Å². The third kappa shape index (κ3) is 3.27. The van der Waals surface area contributed by atoms with Crippen LogP contribution in [0.3, 0.4) is 0 Å². The molecule has 3 heteroatoms. The number of nitrogens with one attached hydrogen (secondary N) is 1. The molecule has 0 aliphatic rings. The van der Waals surface area contributed by atoms with Crippen molar-refractivity contribution in [1.29, 1.82) is 5.41 Å². The molecule has 0 saturated heterocycles. The lowest BCUT2D eigenvalue weighted by Gasteiger charge is -2.10. The zero-order valence-electron chi connectivity index (χ0n) is 9.25. The Labute approximate surface area is 96.8 Å². The van der Waals surface area contributed by atoms with Crippen molar-refractivity contribution < 1.29 is 0 Å². The van der Waals surface area contributed by atoms with E-state index in [4.69, 9.17) is 11.1 Å². The molecule has 0 aliphatic carbocycles. The largest absolute Gasteiger partial charge is 0.384 e. The third-order valence-electron chi connectivity index (χ3n) is 2.63. The highest BCUT2D eigenvalue weighted by Gasteiger charge is 2.05. The van der Waals surface area contributed by atoms with Crippen LogP contribution in [0.15, 0.2) is 23.1 Å². The van der Waals surface area contributed by atoms with Gasteiger partial charge < -0.3 is 5.73 Å². The van der Waals surface area contributed by atoms with Gasteiger partial charge in [-0.3, -0.25) is 5.41 Å². The van der Waals surface area contributed by atoms with Crippen LogP contribution < -0.4 is 5.73 Å². The van der Waals surface area contributed by atoms with Crippen LogP contribution in [0.4, 0.5) is 0 Å². The predicted molar refractivity (Wildman–Crippen MR) is 67.9 cm³/mol. The van der Waals surface area contributed by atoms with E-state index in [2.05, 4.69) is 26.5 Å². The zero-order valence-corrected chi connectivity index (χ0v) is 10.1. The van der Waals surface area contributed by atoms with E-state index >= 15 is 0 Å². The number of benzene rings is 1. The van der Waals surface area contributed by atoms with Crippen LogP contribution in [0.1, 0.15) is 31.4 Å². The van der Waals surface area contributed by atoms with Crippen LogP contribution >= 0.6 is 12.6 Å². The highest BCUT2D eigenvalue weighted by Crippen LogP contribution is 2.18. The lowest BCUT2D eigenvalue weighted by Crippen LogP contribution is -2.12. The second-order valence-electron chi connectivity index (χ2n) is 3.98. The molecule has 0 aliphatic heterocycles. The Morgan fingerprint density at radius 1 is 1.53 bits per heavy atom. The van der Waals surface area contributed by atoms with Crippen LogP contribution in [0, 0.1) is 11.3 Å². The highest BCUT2D eigenvalue weighted by molar-refractivity contribution is 7.80. The number of rotatable bonds is 4. The molecule has 15 heavy (non-hydrogen) atoms. The van der Waals surface area contributed by atoms with Crippen molar-refractivity contribution in [3.05, 3.63) is 29.3 Å². The molecule has 0 bridgehead atoms. The molecule has 1 aromatic rings. The van der Waals surface area contributed by atoms with Crippen molar-refractivity contribution in [2.45, 2.75) is 31.6 Å². The molecule has 0 heterocycles. The van der Waals surface area contributed by atoms with E-state index in [1.54, 1.807) is 0 Å². The van der Waals surface area contributed by atoms with Crippen molar-refractivity contribution in [1.82, 2.24) is 0 Å². The molecular formula is C12H18N2S. The number of hydrogen-bond donors (Lipinski definition) is 3. The monoisotopic (exact) mass is 222 g/mol. The Kier molecular flexibility index (Phi) is 4.21. The summed E-state index contributed by atoms with van der Waals surface area (Å²) in [4.78, 5) is 0.795. The summed E-state index contributed by atoms with van der Waals surface area (Å²) >= 11 is 4.34. The average Bonchev–Trinajstić information content (AvgIpc) is 2.17. The highest BCUT2D eigenvalue weighted by atomic mass is 32.1. The molecule has 0 aromatic heterocycles. The predicted octanol–water partition coefficient (Wildman–Crippen LogP) is 2.85. The van der Waals surface area contributed by atoms with E-state index in [1.807, 2.05) is 18.2 Å². The van der Waals surface area contributed by atoms with E-state index in [0.717, 1.165) is 11.3 Å². The van der Waals surface area contributed by atoms with Gasteiger partial charge in [0.2, 0.25) is 0 Å². The van der Waals surface area contributed by atoms with Crippen molar-refractivity contribution >= 4 is 18.5 Å². The van der Waals surface area contributed by atoms with Crippen LogP contribution in [-0.4, -0.2) is 5.84 Å². The molecule has 2 nitrogen and oxygen atoms in total. The Hall–Kier alpha value is -0.960. The topological polar surface area (TPSA) is 49.9 Å². The molecule has 0 fully saturated rings. The lowest BCUT2D eigenvalue weighted by molar-refractivity contribution is 0.560. The number of amidine groups is 1. The van der Waals surface area contributed by atoms with Gasteiger partial charge in [-0.25, -0.2) is 0 Å². The fraction of sp³-hybridized carbons (Fsp3) is 0.417. The van der Waals surface area contributed by atoms with Gasteiger partial charge in [-0.15, -0.1) is 12.6 Å². The smallest absolute Gasteiger partial charge is 0.123 e. The quantitative estimate of drug-likeness (QED) is 0.409. The number of hydrogen-bond acceptors (Lipinski definition) is 2. The normalized spacial score (nSPS) is 12.5. The van der Waals surface area contributed by atoms with Crippen molar-refractivity contribution in [2.24, 2.45) is 11.7 Å². The standard InChI is InChI=1S/C12H18N2S/c1-3-8(2)6-9-4-5-10(12(13)14)11(15)7-9/h4-5,7-8,15H,3,6H2,1-2H3,(H3,13,14). The molecule has 0 saturated carbocycles. The first kappa shape index (κ1) is 12.1. The van der Waals surface area contributed by atoms with E-state index in [9.17, 15) is 0 Å². The molecule has 1 unspecified atom stereocenters. The first-order chi connectivity index (χ1) is 7.04.